The van der Waals surface area contributed by atoms with E-state index in [1.807, 2.05) is 0 Å². The second kappa shape index (κ2) is 4.78. The third kappa shape index (κ3) is 2.80. The summed E-state index contributed by atoms with van der Waals surface area (Å²) in [5.41, 5.74) is 0.820. The Morgan fingerprint density at radius 2 is 2.05 bits per heavy atom. The number of rotatable bonds is 3. The topological polar surface area (TPSA) is 52.6 Å². The average molecular weight is 321 g/mol. The van der Waals surface area contributed by atoms with Crippen molar-refractivity contribution in [2.24, 2.45) is 0 Å². The molecule has 1 fully saturated rings. The average Bonchev–Trinajstić information content (AvgIpc) is 3.16. The molecule has 1 saturated carbocycles. The van der Waals surface area contributed by atoms with Crippen LogP contribution < -0.4 is 10.2 Å². The maximum absolute atomic E-state index is 12.7. The number of anilines is 2. The number of aliphatic hydroxyl groups excluding tert-OH is 1. The SMILES string of the molecule is O=C1Nc2cc(N(CC(F)(F)F)C3CC3)c(Cl)cc2C1O. The molecule has 4 nitrogen and oxygen atoms in total. The van der Waals surface area contributed by atoms with Gasteiger partial charge >= 0.3 is 6.18 Å². The Morgan fingerprint density at radius 3 is 2.62 bits per heavy atom. The second-order valence-corrected chi connectivity index (χ2v) is 5.66. The molecular formula is C13H12ClF3N2O2. The summed E-state index contributed by atoms with van der Waals surface area (Å²) >= 11 is 6.06. The molecule has 2 N–H and O–H groups in total. The van der Waals surface area contributed by atoms with E-state index >= 15 is 0 Å². The number of fused-ring (bicyclic) bond motifs is 1. The molecule has 0 aromatic heterocycles. The lowest BCUT2D eigenvalue weighted by molar-refractivity contribution is -0.123. The van der Waals surface area contributed by atoms with E-state index in [0.29, 0.717) is 18.5 Å². The number of aliphatic hydroxyl groups is 1. The molecule has 1 aromatic carbocycles. The van der Waals surface area contributed by atoms with Gasteiger partial charge in [0.25, 0.3) is 5.91 Å². The zero-order chi connectivity index (χ0) is 15.4. The van der Waals surface area contributed by atoms with Gasteiger partial charge in [-0.2, -0.15) is 13.2 Å². The van der Waals surface area contributed by atoms with E-state index in [9.17, 15) is 23.1 Å². The quantitative estimate of drug-likeness (QED) is 0.900. The lowest BCUT2D eigenvalue weighted by Gasteiger charge is -2.27. The Morgan fingerprint density at radius 1 is 1.38 bits per heavy atom. The van der Waals surface area contributed by atoms with Gasteiger partial charge in [-0.1, -0.05) is 11.6 Å². The van der Waals surface area contributed by atoms with Gasteiger partial charge in [-0.15, -0.1) is 0 Å². The Kier molecular flexibility index (Phi) is 3.29. The van der Waals surface area contributed by atoms with Gasteiger partial charge in [0.2, 0.25) is 0 Å². The van der Waals surface area contributed by atoms with Gasteiger partial charge in [-0.05, 0) is 25.0 Å². The first-order valence-electron chi connectivity index (χ1n) is 6.42. The van der Waals surface area contributed by atoms with Gasteiger partial charge in [-0.3, -0.25) is 4.79 Å². The molecule has 2 aliphatic rings. The van der Waals surface area contributed by atoms with Crippen LogP contribution in [-0.2, 0) is 4.79 Å². The van der Waals surface area contributed by atoms with Gasteiger partial charge in [0, 0.05) is 17.3 Å². The molecule has 0 saturated heterocycles. The van der Waals surface area contributed by atoms with Crippen LogP contribution in [0.2, 0.25) is 5.02 Å². The number of carbonyl (C=O) groups excluding carboxylic acids is 1. The van der Waals surface area contributed by atoms with Crippen molar-refractivity contribution in [1.29, 1.82) is 0 Å². The van der Waals surface area contributed by atoms with Gasteiger partial charge in [0.05, 0.1) is 10.7 Å². The fraction of sp³-hybridized carbons (Fsp3) is 0.462. The van der Waals surface area contributed by atoms with E-state index in [2.05, 4.69) is 5.32 Å². The molecule has 21 heavy (non-hydrogen) atoms. The number of carbonyl (C=O) groups is 1. The van der Waals surface area contributed by atoms with Crippen molar-refractivity contribution in [3.8, 4) is 0 Å². The number of amides is 1. The van der Waals surface area contributed by atoms with Crippen LogP contribution in [0, 0.1) is 0 Å². The molecule has 1 unspecified atom stereocenters. The number of nitrogens with zero attached hydrogens (tertiary/aromatic N) is 1. The van der Waals surface area contributed by atoms with E-state index in [0.717, 1.165) is 0 Å². The highest BCUT2D eigenvalue weighted by Gasteiger charge is 2.40. The fourth-order valence-corrected chi connectivity index (χ4v) is 2.75. The highest BCUT2D eigenvalue weighted by atomic mass is 35.5. The van der Waals surface area contributed by atoms with Crippen molar-refractivity contribution >= 4 is 28.9 Å². The molecule has 1 amide bonds. The first-order valence-corrected chi connectivity index (χ1v) is 6.80. The smallest absolute Gasteiger partial charge is 0.378 e. The number of alkyl halides is 3. The third-order valence-corrected chi connectivity index (χ3v) is 3.87. The van der Waals surface area contributed by atoms with E-state index in [4.69, 9.17) is 11.6 Å². The summed E-state index contributed by atoms with van der Waals surface area (Å²) in [4.78, 5) is 12.6. The van der Waals surface area contributed by atoms with Crippen molar-refractivity contribution < 1.29 is 23.1 Å². The summed E-state index contributed by atoms with van der Waals surface area (Å²) in [6.07, 6.45) is -4.31. The van der Waals surface area contributed by atoms with E-state index < -0.39 is 24.7 Å². The lowest BCUT2D eigenvalue weighted by atomic mass is 10.1. The number of nitrogens with one attached hydrogen (secondary N) is 1. The highest BCUT2D eigenvalue weighted by Crippen LogP contribution is 2.43. The summed E-state index contributed by atoms with van der Waals surface area (Å²) in [6, 6.07) is 2.56. The molecule has 1 aliphatic carbocycles. The summed E-state index contributed by atoms with van der Waals surface area (Å²) in [5, 5.41) is 12.2. The van der Waals surface area contributed by atoms with Crippen LogP contribution in [0.4, 0.5) is 24.5 Å². The van der Waals surface area contributed by atoms with E-state index in [1.165, 1.54) is 17.0 Å². The van der Waals surface area contributed by atoms with Crippen LogP contribution >= 0.6 is 11.6 Å². The summed E-state index contributed by atoms with van der Waals surface area (Å²) in [6.45, 7) is -1.09. The zero-order valence-corrected chi connectivity index (χ0v) is 11.5. The molecule has 1 aliphatic heterocycles. The van der Waals surface area contributed by atoms with Crippen molar-refractivity contribution in [2.45, 2.75) is 31.2 Å². The first kappa shape index (κ1) is 14.5. The predicted molar refractivity (Wildman–Crippen MR) is 71.5 cm³/mol. The molecule has 0 spiro atoms. The number of benzene rings is 1. The summed E-state index contributed by atoms with van der Waals surface area (Å²) < 4.78 is 38.1. The molecule has 8 heteroatoms. The van der Waals surface area contributed by atoms with Crippen molar-refractivity contribution in [2.75, 3.05) is 16.8 Å². The second-order valence-electron chi connectivity index (χ2n) is 5.26. The molecule has 0 bridgehead atoms. The van der Waals surface area contributed by atoms with Crippen LogP contribution in [0.25, 0.3) is 0 Å². The maximum Gasteiger partial charge on any atom is 0.405 e. The van der Waals surface area contributed by atoms with Crippen LogP contribution in [-0.4, -0.2) is 29.8 Å². The van der Waals surface area contributed by atoms with Crippen LogP contribution in [0.15, 0.2) is 12.1 Å². The highest BCUT2D eigenvalue weighted by molar-refractivity contribution is 6.33. The molecule has 1 aromatic rings. The minimum absolute atomic E-state index is 0.0976. The molecule has 1 atom stereocenters. The molecule has 3 rings (SSSR count). The Hall–Kier alpha value is -1.47. The van der Waals surface area contributed by atoms with Crippen LogP contribution in [0.5, 0.6) is 0 Å². The van der Waals surface area contributed by atoms with Gasteiger partial charge in [-0.25, -0.2) is 0 Å². The van der Waals surface area contributed by atoms with E-state index in [1.54, 1.807) is 0 Å². The van der Waals surface area contributed by atoms with Crippen molar-refractivity contribution in [3.63, 3.8) is 0 Å². The molecule has 0 radical (unpaired) electrons. The Balaban J connectivity index is 1.98. The van der Waals surface area contributed by atoms with Crippen molar-refractivity contribution in [3.05, 3.63) is 22.7 Å². The van der Waals surface area contributed by atoms with Gasteiger partial charge in [0.1, 0.15) is 6.54 Å². The third-order valence-electron chi connectivity index (χ3n) is 3.57. The lowest BCUT2D eigenvalue weighted by Crippen LogP contribution is -2.36. The normalized spacial score (nSPS) is 21.2. The van der Waals surface area contributed by atoms with Crippen LogP contribution in [0.3, 0.4) is 0 Å². The maximum atomic E-state index is 12.7. The number of hydrogen-bond acceptors (Lipinski definition) is 3. The van der Waals surface area contributed by atoms with E-state index in [-0.39, 0.29) is 22.3 Å². The Bertz CT molecular complexity index is 602. The standard InChI is InChI=1S/C13H12ClF3N2O2/c14-8-3-7-9(18-12(21)11(7)20)4-10(8)19(6-1-2-6)5-13(15,16)17/h3-4,6,11,20H,1-2,5H2,(H,18,21). The molecule has 114 valence electrons. The first-order chi connectivity index (χ1) is 9.76. The summed E-state index contributed by atoms with van der Waals surface area (Å²) in [5.74, 6) is -0.605. The fourth-order valence-electron chi connectivity index (χ4n) is 2.46. The zero-order valence-electron chi connectivity index (χ0n) is 10.7. The molecular weight excluding hydrogens is 309 g/mol. The van der Waals surface area contributed by atoms with Gasteiger partial charge in [0.15, 0.2) is 6.10 Å². The Labute approximate surface area is 123 Å². The molecule has 1 heterocycles. The minimum atomic E-state index is -4.34. The largest absolute Gasteiger partial charge is 0.405 e. The van der Waals surface area contributed by atoms with Gasteiger partial charge < -0.3 is 15.3 Å². The predicted octanol–water partition coefficient (Wildman–Crippen LogP) is 2.86. The van der Waals surface area contributed by atoms with Crippen molar-refractivity contribution in [1.82, 2.24) is 0 Å². The minimum Gasteiger partial charge on any atom is -0.378 e. The number of hydrogen-bond donors (Lipinski definition) is 2. The monoisotopic (exact) mass is 320 g/mol. The summed E-state index contributed by atoms with van der Waals surface area (Å²) in [7, 11) is 0. The number of halogens is 4. The van der Waals surface area contributed by atoms with Crippen LogP contribution in [0.1, 0.15) is 24.5 Å².